The maximum Gasteiger partial charge on any atom is 0.314 e. The molecule has 1 fully saturated rings. The molecule has 1 aliphatic heterocycles. The molecular formula is C26H32N6O2. The monoisotopic (exact) mass is 460 g/mol. The fourth-order valence-electron chi connectivity index (χ4n) is 4.77. The number of aromatic amines is 1. The summed E-state index contributed by atoms with van der Waals surface area (Å²) in [6, 6.07) is 6.30. The van der Waals surface area contributed by atoms with Crippen molar-refractivity contribution < 1.29 is 9.59 Å². The minimum absolute atomic E-state index is 0.133. The number of allylic oxidation sites excluding steroid dienone is 2. The first kappa shape index (κ1) is 23.7. The number of nitrogens with zero attached hydrogens (tertiary/aromatic N) is 4. The molecule has 0 unspecified atom stereocenters. The lowest BCUT2D eigenvalue weighted by Crippen LogP contribution is -2.42. The van der Waals surface area contributed by atoms with E-state index in [9.17, 15) is 9.59 Å². The molecule has 2 aliphatic rings. The molecule has 2 heterocycles. The van der Waals surface area contributed by atoms with Gasteiger partial charge in [-0.1, -0.05) is 18.7 Å². The summed E-state index contributed by atoms with van der Waals surface area (Å²) in [7, 11) is 3.84. The van der Waals surface area contributed by atoms with E-state index in [2.05, 4.69) is 38.3 Å². The van der Waals surface area contributed by atoms with Crippen molar-refractivity contribution >= 4 is 28.9 Å². The fraction of sp³-hybridized carbons (Fsp3) is 0.462. The van der Waals surface area contributed by atoms with Crippen molar-refractivity contribution in [2.45, 2.75) is 44.4 Å². The highest BCUT2D eigenvalue weighted by Crippen LogP contribution is 2.36. The first-order chi connectivity index (χ1) is 16.4. The van der Waals surface area contributed by atoms with Gasteiger partial charge in [0.15, 0.2) is 0 Å². The van der Waals surface area contributed by atoms with Gasteiger partial charge in [0.1, 0.15) is 0 Å². The van der Waals surface area contributed by atoms with Gasteiger partial charge in [-0.05, 0) is 81.8 Å². The lowest BCUT2D eigenvalue weighted by Gasteiger charge is -2.33. The van der Waals surface area contributed by atoms with Crippen LogP contribution in [0.25, 0.3) is 10.4 Å². The SMILES string of the molecule is [C-]#[N+]c1cnc(C(=O)Nc2ccc(C3CCN(C(=O)CN(C)C)CC3)cc2C2=CCCCC2)[nH]1. The van der Waals surface area contributed by atoms with Gasteiger partial charge in [-0.15, -0.1) is 0 Å². The third-order valence-corrected chi connectivity index (χ3v) is 6.60. The van der Waals surface area contributed by atoms with Crippen molar-refractivity contribution in [1.82, 2.24) is 19.8 Å². The zero-order valence-electron chi connectivity index (χ0n) is 19.9. The normalized spacial score (nSPS) is 16.8. The summed E-state index contributed by atoms with van der Waals surface area (Å²) in [5.41, 5.74) is 4.35. The van der Waals surface area contributed by atoms with Gasteiger partial charge >= 0.3 is 5.91 Å². The number of hydrogen-bond acceptors (Lipinski definition) is 4. The molecule has 1 aromatic carbocycles. The van der Waals surface area contributed by atoms with Gasteiger partial charge in [0, 0.05) is 24.3 Å². The Morgan fingerprint density at radius 2 is 2.06 bits per heavy atom. The van der Waals surface area contributed by atoms with E-state index in [1.807, 2.05) is 30.0 Å². The van der Waals surface area contributed by atoms with Crippen molar-refractivity contribution in [3.63, 3.8) is 0 Å². The number of nitrogens with one attached hydrogen (secondary N) is 2. The van der Waals surface area contributed by atoms with E-state index in [0.29, 0.717) is 12.5 Å². The van der Waals surface area contributed by atoms with Crippen LogP contribution in [0, 0.1) is 6.57 Å². The number of H-pyrrole nitrogens is 1. The average molecular weight is 461 g/mol. The lowest BCUT2D eigenvalue weighted by molar-refractivity contribution is -0.132. The van der Waals surface area contributed by atoms with E-state index >= 15 is 0 Å². The topological polar surface area (TPSA) is 85.7 Å². The van der Waals surface area contributed by atoms with Crippen molar-refractivity contribution in [3.8, 4) is 0 Å². The van der Waals surface area contributed by atoms with Crippen molar-refractivity contribution in [3.05, 3.63) is 58.8 Å². The van der Waals surface area contributed by atoms with Crippen LogP contribution in [0.1, 0.15) is 66.2 Å². The second-order valence-corrected chi connectivity index (χ2v) is 9.36. The Morgan fingerprint density at radius 1 is 1.26 bits per heavy atom. The molecular weight excluding hydrogens is 428 g/mol. The van der Waals surface area contributed by atoms with Gasteiger partial charge in [-0.2, -0.15) is 0 Å². The molecule has 1 aromatic heterocycles. The number of benzene rings is 1. The number of hydrogen-bond donors (Lipinski definition) is 2. The number of carbonyl (C=O) groups excluding carboxylic acids is 2. The lowest BCUT2D eigenvalue weighted by atomic mass is 9.85. The van der Waals surface area contributed by atoms with E-state index in [0.717, 1.165) is 56.4 Å². The van der Waals surface area contributed by atoms with Crippen LogP contribution in [0.2, 0.25) is 0 Å². The molecule has 0 radical (unpaired) electrons. The number of amides is 2. The predicted octanol–water partition coefficient (Wildman–Crippen LogP) is 4.44. The van der Waals surface area contributed by atoms with Crippen LogP contribution in [0.4, 0.5) is 11.5 Å². The summed E-state index contributed by atoms with van der Waals surface area (Å²) < 4.78 is 0. The number of aromatic nitrogens is 2. The smallest absolute Gasteiger partial charge is 0.314 e. The van der Waals surface area contributed by atoms with Crippen LogP contribution in [-0.2, 0) is 4.79 Å². The molecule has 2 aromatic rings. The fourth-order valence-corrected chi connectivity index (χ4v) is 4.77. The summed E-state index contributed by atoms with van der Waals surface area (Å²) >= 11 is 0. The van der Waals surface area contributed by atoms with E-state index in [1.54, 1.807) is 0 Å². The molecule has 0 spiro atoms. The number of anilines is 1. The molecule has 2 N–H and O–H groups in total. The molecule has 178 valence electrons. The van der Waals surface area contributed by atoms with Gasteiger partial charge in [0.25, 0.3) is 5.82 Å². The van der Waals surface area contributed by atoms with Crippen molar-refractivity contribution in [2.75, 3.05) is 39.0 Å². The van der Waals surface area contributed by atoms with E-state index in [1.165, 1.54) is 23.8 Å². The number of rotatable bonds is 6. The molecule has 1 aliphatic carbocycles. The van der Waals surface area contributed by atoms with Crippen LogP contribution in [0.3, 0.4) is 0 Å². The van der Waals surface area contributed by atoms with Gasteiger partial charge in [-0.25, -0.2) is 4.98 Å². The number of likely N-dealkylation sites (tertiary alicyclic amines) is 1. The Labute approximate surface area is 200 Å². The number of piperidine rings is 1. The van der Waals surface area contributed by atoms with Gasteiger partial charge < -0.3 is 20.0 Å². The first-order valence-corrected chi connectivity index (χ1v) is 11.9. The van der Waals surface area contributed by atoms with Crippen LogP contribution in [0.5, 0.6) is 0 Å². The Kier molecular flexibility index (Phi) is 7.43. The summed E-state index contributed by atoms with van der Waals surface area (Å²) in [6.45, 7) is 9.06. The van der Waals surface area contributed by atoms with Crippen LogP contribution >= 0.6 is 0 Å². The first-order valence-electron chi connectivity index (χ1n) is 11.9. The second-order valence-electron chi connectivity index (χ2n) is 9.36. The average Bonchev–Trinajstić information content (AvgIpc) is 3.34. The number of imidazole rings is 1. The Balaban J connectivity index is 1.53. The third-order valence-electron chi connectivity index (χ3n) is 6.60. The Bertz CT molecular complexity index is 1120. The molecule has 0 saturated carbocycles. The maximum absolute atomic E-state index is 12.8. The standard InChI is InChI=1S/C26H32N6O2/c1-27-23-16-28-25(30-23)26(34)29-22-10-9-20(15-21(22)19-7-5-4-6-8-19)18-11-13-32(14-12-18)24(33)17-31(2)3/h7,9-10,15-16,18H,4-6,8,11-14,17H2,2-3H3,(H,28,30)(H,29,34). The predicted molar refractivity (Wildman–Crippen MR) is 133 cm³/mol. The van der Waals surface area contributed by atoms with Gasteiger partial charge in [0.2, 0.25) is 11.7 Å². The van der Waals surface area contributed by atoms with Crippen LogP contribution in [0.15, 0.2) is 30.5 Å². The third kappa shape index (κ3) is 5.54. The highest BCUT2D eigenvalue weighted by Gasteiger charge is 2.25. The van der Waals surface area contributed by atoms with E-state index in [-0.39, 0.29) is 23.5 Å². The summed E-state index contributed by atoms with van der Waals surface area (Å²) in [6.07, 6.45) is 9.90. The van der Waals surface area contributed by atoms with Crippen LogP contribution < -0.4 is 5.32 Å². The number of likely N-dealkylation sites (N-methyl/N-ethyl adjacent to an activating group) is 1. The Hall–Kier alpha value is -3.44. The summed E-state index contributed by atoms with van der Waals surface area (Å²) in [5, 5.41) is 3.00. The zero-order chi connectivity index (χ0) is 24.1. The van der Waals surface area contributed by atoms with Gasteiger partial charge in [0.05, 0.1) is 12.7 Å². The van der Waals surface area contributed by atoms with Gasteiger partial charge in [-0.3, -0.25) is 14.6 Å². The zero-order valence-corrected chi connectivity index (χ0v) is 19.9. The van der Waals surface area contributed by atoms with Crippen molar-refractivity contribution in [2.24, 2.45) is 0 Å². The highest BCUT2D eigenvalue weighted by atomic mass is 16.2. The second kappa shape index (κ2) is 10.7. The van der Waals surface area contributed by atoms with E-state index < -0.39 is 0 Å². The molecule has 2 amide bonds. The molecule has 8 heteroatoms. The molecule has 34 heavy (non-hydrogen) atoms. The molecule has 0 bridgehead atoms. The molecule has 8 nitrogen and oxygen atoms in total. The summed E-state index contributed by atoms with van der Waals surface area (Å²) in [5.74, 6) is 0.601. The van der Waals surface area contributed by atoms with Crippen molar-refractivity contribution in [1.29, 1.82) is 0 Å². The highest BCUT2D eigenvalue weighted by molar-refractivity contribution is 6.03. The minimum Gasteiger partial charge on any atom is -0.363 e. The number of carbonyl (C=O) groups is 2. The quantitative estimate of drug-likeness (QED) is 0.624. The Morgan fingerprint density at radius 3 is 2.71 bits per heavy atom. The summed E-state index contributed by atoms with van der Waals surface area (Å²) in [4.78, 5) is 39.1. The minimum atomic E-state index is -0.354. The largest absolute Gasteiger partial charge is 0.363 e. The van der Waals surface area contributed by atoms with E-state index in [4.69, 9.17) is 6.57 Å². The molecule has 4 rings (SSSR count). The molecule has 0 atom stereocenters. The maximum atomic E-state index is 12.8. The molecule has 1 saturated heterocycles. The van der Waals surface area contributed by atoms with Crippen LogP contribution in [-0.4, -0.2) is 65.3 Å².